The Morgan fingerprint density at radius 3 is 2.64 bits per heavy atom. The zero-order chi connectivity index (χ0) is 23.0. The molecule has 1 amide bonds. The number of amides is 1. The van der Waals surface area contributed by atoms with Crippen molar-refractivity contribution < 1.29 is 17.9 Å². The van der Waals surface area contributed by atoms with Gasteiger partial charge in [0.2, 0.25) is 5.91 Å². The standard InChI is InChI=1S/C24H22N4O4S/c1-16-4-2-7-21(12-16)33(30,31)27-18-5-3-6-19(13-18)32-20-10-11-23-25-22(15-28(23)14-20)26-24(29)17-8-9-17/h2-7,10-15,17,27H,8-9H2,1H3,(H,26,29). The van der Waals surface area contributed by atoms with E-state index < -0.39 is 10.0 Å². The van der Waals surface area contributed by atoms with Gasteiger partial charge in [0.15, 0.2) is 5.82 Å². The number of nitrogens with one attached hydrogen (secondary N) is 2. The summed E-state index contributed by atoms with van der Waals surface area (Å²) in [5.41, 5.74) is 1.93. The summed E-state index contributed by atoms with van der Waals surface area (Å²) in [5, 5.41) is 2.83. The molecular formula is C24H22N4O4S. The third kappa shape index (κ3) is 4.83. The van der Waals surface area contributed by atoms with Crippen LogP contribution in [0.5, 0.6) is 11.5 Å². The van der Waals surface area contributed by atoms with E-state index in [1.807, 2.05) is 13.0 Å². The van der Waals surface area contributed by atoms with Gasteiger partial charge in [-0.3, -0.25) is 9.52 Å². The van der Waals surface area contributed by atoms with E-state index in [1.165, 1.54) is 0 Å². The van der Waals surface area contributed by atoms with Crippen molar-refractivity contribution in [3.63, 3.8) is 0 Å². The molecule has 0 unspecified atom stereocenters. The Kier molecular flexibility index (Phi) is 5.26. The molecule has 0 saturated heterocycles. The number of hydrogen-bond acceptors (Lipinski definition) is 5. The normalized spacial score (nSPS) is 13.6. The molecule has 1 saturated carbocycles. The van der Waals surface area contributed by atoms with E-state index >= 15 is 0 Å². The Balaban J connectivity index is 1.32. The highest BCUT2D eigenvalue weighted by molar-refractivity contribution is 7.92. The van der Waals surface area contributed by atoms with E-state index in [-0.39, 0.29) is 16.7 Å². The zero-order valence-corrected chi connectivity index (χ0v) is 18.7. The maximum Gasteiger partial charge on any atom is 0.261 e. The lowest BCUT2D eigenvalue weighted by atomic mass is 10.2. The molecule has 1 aliphatic carbocycles. The fraction of sp³-hybridized carbons (Fsp3) is 0.167. The van der Waals surface area contributed by atoms with Gasteiger partial charge in [0.1, 0.15) is 17.1 Å². The summed E-state index contributed by atoms with van der Waals surface area (Å²) >= 11 is 0. The van der Waals surface area contributed by atoms with Crippen LogP contribution >= 0.6 is 0 Å². The number of carbonyl (C=O) groups excluding carboxylic acids is 1. The molecular weight excluding hydrogens is 440 g/mol. The maximum absolute atomic E-state index is 12.7. The molecule has 0 radical (unpaired) electrons. The van der Waals surface area contributed by atoms with Crippen molar-refractivity contribution in [1.82, 2.24) is 9.38 Å². The van der Waals surface area contributed by atoms with Gasteiger partial charge < -0.3 is 14.5 Å². The van der Waals surface area contributed by atoms with E-state index in [4.69, 9.17) is 4.74 Å². The summed E-state index contributed by atoms with van der Waals surface area (Å²) in [7, 11) is -3.72. The van der Waals surface area contributed by atoms with Gasteiger partial charge in [-0.25, -0.2) is 13.4 Å². The number of sulfonamides is 1. The van der Waals surface area contributed by atoms with E-state index in [0.717, 1.165) is 18.4 Å². The Labute approximate surface area is 191 Å². The number of anilines is 2. The van der Waals surface area contributed by atoms with Crippen molar-refractivity contribution in [2.24, 2.45) is 5.92 Å². The molecule has 9 heteroatoms. The van der Waals surface area contributed by atoms with Crippen LogP contribution in [0.4, 0.5) is 11.5 Å². The van der Waals surface area contributed by atoms with Crippen molar-refractivity contribution in [3.05, 3.63) is 78.6 Å². The fourth-order valence-corrected chi connectivity index (χ4v) is 4.58. The smallest absolute Gasteiger partial charge is 0.261 e. The van der Waals surface area contributed by atoms with Crippen LogP contribution in [0, 0.1) is 12.8 Å². The molecule has 0 atom stereocenters. The minimum absolute atomic E-state index is 0.000176. The molecule has 2 aromatic carbocycles. The Morgan fingerprint density at radius 1 is 1.03 bits per heavy atom. The van der Waals surface area contributed by atoms with E-state index in [9.17, 15) is 13.2 Å². The molecule has 2 heterocycles. The predicted octanol–water partition coefficient (Wildman–Crippen LogP) is 4.58. The number of imidazole rings is 1. The van der Waals surface area contributed by atoms with Gasteiger partial charge in [0.05, 0.1) is 23.0 Å². The van der Waals surface area contributed by atoms with Crippen molar-refractivity contribution in [2.45, 2.75) is 24.7 Å². The highest BCUT2D eigenvalue weighted by atomic mass is 32.2. The van der Waals surface area contributed by atoms with Crippen LogP contribution in [0.3, 0.4) is 0 Å². The second kappa shape index (κ2) is 8.25. The third-order valence-electron chi connectivity index (χ3n) is 5.25. The number of hydrogen-bond donors (Lipinski definition) is 2. The number of nitrogens with zero attached hydrogens (tertiary/aromatic N) is 2. The number of carbonyl (C=O) groups is 1. The molecule has 2 aromatic heterocycles. The molecule has 168 valence electrons. The Hall–Kier alpha value is -3.85. The molecule has 0 aliphatic heterocycles. The SMILES string of the molecule is Cc1cccc(S(=O)(=O)Nc2cccc(Oc3ccc4nc(NC(=O)C5CC5)cn4c3)c2)c1. The first kappa shape index (κ1) is 21.0. The zero-order valence-electron chi connectivity index (χ0n) is 17.9. The average Bonchev–Trinajstić information content (AvgIpc) is 3.55. The molecule has 8 nitrogen and oxygen atoms in total. The van der Waals surface area contributed by atoms with Crippen LogP contribution < -0.4 is 14.8 Å². The molecule has 2 N–H and O–H groups in total. The molecule has 5 rings (SSSR count). The fourth-order valence-electron chi connectivity index (χ4n) is 3.42. The van der Waals surface area contributed by atoms with Gasteiger partial charge in [-0.2, -0.15) is 0 Å². The number of aromatic nitrogens is 2. The topological polar surface area (TPSA) is 102 Å². The molecule has 33 heavy (non-hydrogen) atoms. The number of aryl methyl sites for hydroxylation is 1. The van der Waals surface area contributed by atoms with Crippen molar-refractivity contribution in [3.8, 4) is 11.5 Å². The van der Waals surface area contributed by atoms with E-state index in [0.29, 0.717) is 28.7 Å². The quantitative estimate of drug-likeness (QED) is 0.418. The predicted molar refractivity (Wildman–Crippen MR) is 125 cm³/mol. The summed E-state index contributed by atoms with van der Waals surface area (Å²) in [6.07, 6.45) is 5.34. The first-order valence-electron chi connectivity index (χ1n) is 10.5. The van der Waals surface area contributed by atoms with Crippen molar-refractivity contribution in [2.75, 3.05) is 10.0 Å². The van der Waals surface area contributed by atoms with Crippen LogP contribution in [0.15, 0.2) is 78.0 Å². The van der Waals surface area contributed by atoms with Gasteiger partial charge in [-0.1, -0.05) is 18.2 Å². The Morgan fingerprint density at radius 2 is 1.85 bits per heavy atom. The second-order valence-electron chi connectivity index (χ2n) is 8.07. The third-order valence-corrected chi connectivity index (χ3v) is 6.62. The van der Waals surface area contributed by atoms with Gasteiger partial charge in [0, 0.05) is 12.0 Å². The average molecular weight is 463 g/mol. The highest BCUT2D eigenvalue weighted by Crippen LogP contribution is 2.30. The van der Waals surface area contributed by atoms with Gasteiger partial charge in [0.25, 0.3) is 10.0 Å². The van der Waals surface area contributed by atoms with Crippen molar-refractivity contribution in [1.29, 1.82) is 0 Å². The number of benzene rings is 2. The lowest BCUT2D eigenvalue weighted by molar-refractivity contribution is -0.117. The first-order chi connectivity index (χ1) is 15.9. The maximum atomic E-state index is 12.7. The van der Waals surface area contributed by atoms with E-state index in [2.05, 4.69) is 15.0 Å². The number of fused-ring (bicyclic) bond motifs is 1. The van der Waals surface area contributed by atoms with Gasteiger partial charge >= 0.3 is 0 Å². The molecule has 4 aromatic rings. The molecule has 1 aliphatic rings. The largest absolute Gasteiger partial charge is 0.456 e. The molecule has 0 bridgehead atoms. The number of ether oxygens (including phenoxy) is 1. The van der Waals surface area contributed by atoms with Crippen molar-refractivity contribution >= 4 is 33.1 Å². The minimum atomic E-state index is -3.72. The molecule has 1 fully saturated rings. The Bertz CT molecular complexity index is 1460. The number of pyridine rings is 1. The summed E-state index contributed by atoms with van der Waals surface area (Å²) in [4.78, 5) is 16.6. The second-order valence-corrected chi connectivity index (χ2v) is 9.75. The summed E-state index contributed by atoms with van der Waals surface area (Å²) in [5.74, 6) is 1.61. The lowest BCUT2D eigenvalue weighted by Crippen LogP contribution is -2.13. The van der Waals surface area contributed by atoms with Crippen LogP contribution in [-0.4, -0.2) is 23.7 Å². The lowest BCUT2D eigenvalue weighted by Gasteiger charge is -2.11. The van der Waals surface area contributed by atoms with Gasteiger partial charge in [-0.05, 0) is 61.7 Å². The summed E-state index contributed by atoms with van der Waals surface area (Å²) < 4.78 is 35.7. The monoisotopic (exact) mass is 462 g/mol. The summed E-state index contributed by atoms with van der Waals surface area (Å²) in [6.45, 7) is 1.84. The van der Waals surface area contributed by atoms with E-state index in [1.54, 1.807) is 71.4 Å². The van der Waals surface area contributed by atoms with Gasteiger partial charge in [-0.15, -0.1) is 0 Å². The first-order valence-corrected chi connectivity index (χ1v) is 12.0. The highest BCUT2D eigenvalue weighted by Gasteiger charge is 2.30. The van der Waals surface area contributed by atoms with Crippen LogP contribution in [-0.2, 0) is 14.8 Å². The minimum Gasteiger partial charge on any atom is -0.456 e. The van der Waals surface area contributed by atoms with Crippen LogP contribution in [0.1, 0.15) is 18.4 Å². The summed E-state index contributed by atoms with van der Waals surface area (Å²) in [6, 6.07) is 17.0. The van der Waals surface area contributed by atoms with Crippen LogP contribution in [0.25, 0.3) is 5.65 Å². The molecule has 0 spiro atoms. The van der Waals surface area contributed by atoms with Crippen LogP contribution in [0.2, 0.25) is 0 Å². The number of rotatable bonds is 7.